The van der Waals surface area contributed by atoms with Gasteiger partial charge >= 0.3 is 0 Å². The molecule has 2 amide bonds. The Balaban J connectivity index is 1.38. The topological polar surface area (TPSA) is 37.4 Å². The molecule has 0 bridgehead atoms. The monoisotopic (exact) mass is 503 g/mol. The molecule has 1 unspecified atom stereocenters. The highest BCUT2D eigenvalue weighted by molar-refractivity contribution is 6.26. The van der Waals surface area contributed by atoms with Crippen LogP contribution < -0.4 is 0 Å². The summed E-state index contributed by atoms with van der Waals surface area (Å²) >= 11 is 0. The van der Waals surface area contributed by atoms with E-state index in [9.17, 15) is 9.59 Å². The fraction of sp³-hybridized carbons (Fsp3) is 0.647. The lowest BCUT2D eigenvalue weighted by Gasteiger charge is -2.31. The summed E-state index contributed by atoms with van der Waals surface area (Å²) in [7, 11) is 0. The predicted molar refractivity (Wildman–Crippen MR) is 155 cm³/mol. The number of hydrogen-bond acceptors (Lipinski definition) is 2. The average molecular weight is 504 g/mol. The van der Waals surface area contributed by atoms with Gasteiger partial charge in [-0.25, -0.2) is 0 Å². The van der Waals surface area contributed by atoms with Crippen LogP contribution in [0.4, 0.5) is 0 Å². The van der Waals surface area contributed by atoms with Gasteiger partial charge in [0.25, 0.3) is 11.8 Å². The number of amides is 2. The van der Waals surface area contributed by atoms with Gasteiger partial charge in [-0.3, -0.25) is 14.5 Å². The minimum absolute atomic E-state index is 0.0723. The molecule has 2 aliphatic rings. The van der Waals surface area contributed by atoms with Crippen LogP contribution in [-0.4, -0.2) is 23.3 Å². The second-order valence-electron chi connectivity index (χ2n) is 11.7. The molecule has 0 saturated heterocycles. The number of aryl methyl sites for hydroxylation is 2. The van der Waals surface area contributed by atoms with Crippen LogP contribution in [0.2, 0.25) is 0 Å². The number of carbonyl (C=O) groups excluding carboxylic acids is 2. The van der Waals surface area contributed by atoms with Crippen LogP contribution in [-0.2, 0) is 12.8 Å². The van der Waals surface area contributed by atoms with Gasteiger partial charge in [-0.1, -0.05) is 116 Å². The van der Waals surface area contributed by atoms with Crippen molar-refractivity contribution in [3.63, 3.8) is 0 Å². The molecule has 0 saturated carbocycles. The maximum absolute atomic E-state index is 13.6. The maximum atomic E-state index is 13.6. The molecule has 2 aromatic rings. The number of rotatable bonds is 18. The smallest absolute Gasteiger partial charge is 0.261 e. The van der Waals surface area contributed by atoms with Crippen molar-refractivity contribution < 1.29 is 9.59 Å². The summed E-state index contributed by atoms with van der Waals surface area (Å²) in [5.41, 5.74) is 4.06. The van der Waals surface area contributed by atoms with Crippen molar-refractivity contribution in [3.8, 4) is 0 Å². The molecule has 1 heterocycles. The Labute approximate surface area is 225 Å². The lowest BCUT2D eigenvalue weighted by molar-refractivity contribution is 0.0577. The Morgan fingerprint density at radius 1 is 0.595 bits per heavy atom. The zero-order valence-corrected chi connectivity index (χ0v) is 23.6. The first-order valence-electron chi connectivity index (χ1n) is 15.6. The van der Waals surface area contributed by atoms with Gasteiger partial charge in [0, 0.05) is 23.1 Å². The van der Waals surface area contributed by atoms with Crippen LogP contribution in [0.3, 0.4) is 0 Å². The molecule has 37 heavy (non-hydrogen) atoms. The summed E-state index contributed by atoms with van der Waals surface area (Å²) < 4.78 is 0. The molecular weight excluding hydrogens is 454 g/mol. The van der Waals surface area contributed by atoms with E-state index in [1.807, 2.05) is 12.1 Å². The molecule has 0 N–H and O–H groups in total. The van der Waals surface area contributed by atoms with E-state index < -0.39 is 0 Å². The summed E-state index contributed by atoms with van der Waals surface area (Å²) in [4.78, 5) is 28.9. The molecule has 0 fully saturated rings. The van der Waals surface area contributed by atoms with Gasteiger partial charge in [0.2, 0.25) is 0 Å². The number of benzene rings is 2. The van der Waals surface area contributed by atoms with Crippen LogP contribution in [0, 0.1) is 5.92 Å². The fourth-order valence-corrected chi connectivity index (χ4v) is 6.60. The van der Waals surface area contributed by atoms with Gasteiger partial charge in [-0.15, -0.1) is 0 Å². The van der Waals surface area contributed by atoms with E-state index in [0.717, 1.165) is 42.2 Å². The van der Waals surface area contributed by atoms with Gasteiger partial charge in [0.15, 0.2) is 0 Å². The van der Waals surface area contributed by atoms with Crippen molar-refractivity contribution >= 4 is 22.6 Å². The molecule has 1 aliphatic heterocycles. The molecule has 1 atom stereocenters. The van der Waals surface area contributed by atoms with E-state index in [0.29, 0.717) is 12.5 Å². The number of hydrogen-bond donors (Lipinski definition) is 0. The molecular formula is C34H49NO2. The molecule has 0 aromatic heterocycles. The molecule has 3 heteroatoms. The highest BCUT2D eigenvalue weighted by Gasteiger charge is 2.35. The van der Waals surface area contributed by atoms with Crippen LogP contribution in [0.25, 0.3) is 10.8 Å². The van der Waals surface area contributed by atoms with Crippen molar-refractivity contribution in [3.05, 3.63) is 46.5 Å². The zero-order valence-electron chi connectivity index (χ0n) is 23.6. The highest BCUT2D eigenvalue weighted by atomic mass is 16.2. The second-order valence-corrected chi connectivity index (χ2v) is 11.7. The minimum atomic E-state index is -0.0723. The first kappa shape index (κ1) is 27.9. The summed E-state index contributed by atoms with van der Waals surface area (Å²) in [5.74, 6) is 0.263. The van der Waals surface area contributed by atoms with Gasteiger partial charge in [-0.05, 0) is 60.2 Å². The maximum Gasteiger partial charge on any atom is 0.261 e. The second kappa shape index (κ2) is 14.1. The Morgan fingerprint density at radius 3 is 1.49 bits per heavy atom. The van der Waals surface area contributed by atoms with Crippen molar-refractivity contribution in [1.82, 2.24) is 4.90 Å². The van der Waals surface area contributed by atoms with Gasteiger partial charge < -0.3 is 0 Å². The first-order valence-corrected chi connectivity index (χ1v) is 15.6. The van der Waals surface area contributed by atoms with Crippen LogP contribution in [0.15, 0.2) is 24.3 Å². The Bertz CT molecular complexity index is 997. The van der Waals surface area contributed by atoms with E-state index in [-0.39, 0.29) is 11.8 Å². The Kier molecular flexibility index (Phi) is 10.6. The summed E-state index contributed by atoms with van der Waals surface area (Å²) in [6.07, 6.45) is 22.5. The number of carbonyl (C=O) groups is 2. The fourth-order valence-electron chi connectivity index (χ4n) is 6.60. The van der Waals surface area contributed by atoms with Crippen LogP contribution >= 0.6 is 0 Å². The normalized spacial score (nSPS) is 15.2. The molecule has 2 aromatic carbocycles. The average Bonchev–Trinajstić information content (AvgIpc) is 3.34. The van der Waals surface area contributed by atoms with Gasteiger partial charge in [0.1, 0.15) is 0 Å². The lowest BCUT2D eigenvalue weighted by Crippen LogP contribution is -2.43. The number of imide groups is 1. The summed E-state index contributed by atoms with van der Waals surface area (Å²) in [6.45, 7) is 5.11. The molecule has 202 valence electrons. The molecule has 0 radical (unpaired) electrons. The van der Waals surface area contributed by atoms with E-state index in [1.54, 1.807) is 4.90 Å². The third-order valence-corrected chi connectivity index (χ3v) is 8.82. The molecule has 3 nitrogen and oxygen atoms in total. The molecule has 0 spiro atoms. The SMILES string of the molecule is CCCCCCCCCCC(CCCCCCCC)CN1C(=O)c2ccc3c4c(ccc(c24)C1=O)CC3. The number of nitrogens with zero attached hydrogens (tertiary/aromatic N) is 1. The molecule has 1 aliphatic carbocycles. The van der Waals surface area contributed by atoms with Gasteiger partial charge in [0.05, 0.1) is 0 Å². The van der Waals surface area contributed by atoms with Crippen LogP contribution in [0.1, 0.15) is 148 Å². The van der Waals surface area contributed by atoms with Crippen LogP contribution in [0.5, 0.6) is 0 Å². The van der Waals surface area contributed by atoms with E-state index in [1.165, 1.54) is 106 Å². The third kappa shape index (κ3) is 6.84. The zero-order chi connectivity index (χ0) is 26.0. The Morgan fingerprint density at radius 2 is 1.03 bits per heavy atom. The lowest BCUT2D eigenvalue weighted by atomic mass is 9.89. The first-order chi connectivity index (χ1) is 18.2. The van der Waals surface area contributed by atoms with E-state index >= 15 is 0 Å². The van der Waals surface area contributed by atoms with Crippen molar-refractivity contribution in [2.45, 2.75) is 129 Å². The number of unbranched alkanes of at least 4 members (excludes halogenated alkanes) is 12. The standard InChI is InChI=1S/C34H49NO2/c1-3-5-7-9-11-12-14-16-18-26(17-15-13-10-8-6-4-2)25-35-33(36)29-23-21-27-19-20-28-22-24-30(34(35)37)32(29)31(27)28/h21-24,26H,3-20,25H2,1-2H3. The minimum Gasteiger partial charge on any atom is -0.274 e. The van der Waals surface area contributed by atoms with Crippen molar-refractivity contribution in [1.29, 1.82) is 0 Å². The Hall–Kier alpha value is -2.16. The predicted octanol–water partition coefficient (Wildman–Crippen LogP) is 9.43. The van der Waals surface area contributed by atoms with Crippen molar-refractivity contribution in [2.75, 3.05) is 6.54 Å². The van der Waals surface area contributed by atoms with E-state index in [2.05, 4.69) is 26.0 Å². The quantitative estimate of drug-likeness (QED) is 0.150. The third-order valence-electron chi connectivity index (χ3n) is 8.82. The summed E-state index contributed by atoms with van der Waals surface area (Å²) in [6, 6.07) is 8.22. The highest BCUT2D eigenvalue weighted by Crippen LogP contribution is 2.38. The summed E-state index contributed by atoms with van der Waals surface area (Å²) in [5, 5.41) is 2.10. The van der Waals surface area contributed by atoms with E-state index in [4.69, 9.17) is 0 Å². The van der Waals surface area contributed by atoms with Gasteiger partial charge in [-0.2, -0.15) is 0 Å². The largest absolute Gasteiger partial charge is 0.274 e. The van der Waals surface area contributed by atoms with Crippen molar-refractivity contribution in [2.24, 2.45) is 5.92 Å². The molecule has 4 rings (SSSR count).